The monoisotopic (exact) mass is 273 g/mol. The standard InChI is InChI=1S/C8H4ClN3O2S2/c9-5-1-4(7(13)14)2-10-6(5)16-8-12-11-3-15-8/h1-3H,(H,13,14). The highest BCUT2D eigenvalue weighted by Gasteiger charge is 2.10. The van der Waals surface area contributed by atoms with Crippen molar-refractivity contribution in [3.05, 3.63) is 28.4 Å². The number of aromatic nitrogens is 3. The third-order valence-electron chi connectivity index (χ3n) is 1.58. The van der Waals surface area contributed by atoms with E-state index in [0.717, 1.165) is 0 Å². The van der Waals surface area contributed by atoms with Crippen LogP contribution in [0.5, 0.6) is 0 Å². The topological polar surface area (TPSA) is 76.0 Å². The van der Waals surface area contributed by atoms with E-state index in [1.54, 1.807) is 5.51 Å². The molecule has 0 aliphatic rings. The number of rotatable bonds is 3. The van der Waals surface area contributed by atoms with Crippen molar-refractivity contribution >= 4 is 40.7 Å². The maximum atomic E-state index is 10.7. The summed E-state index contributed by atoms with van der Waals surface area (Å²) in [6.45, 7) is 0. The molecule has 2 rings (SSSR count). The van der Waals surface area contributed by atoms with E-state index in [0.29, 0.717) is 14.4 Å². The molecule has 0 saturated heterocycles. The van der Waals surface area contributed by atoms with Crippen molar-refractivity contribution in [1.82, 2.24) is 15.2 Å². The Morgan fingerprint density at radius 3 is 2.94 bits per heavy atom. The zero-order valence-corrected chi connectivity index (χ0v) is 10.0. The normalized spacial score (nSPS) is 10.3. The molecule has 2 aromatic heterocycles. The molecule has 0 fully saturated rings. The van der Waals surface area contributed by atoms with Crippen LogP contribution in [0.4, 0.5) is 0 Å². The number of halogens is 1. The van der Waals surface area contributed by atoms with Crippen molar-refractivity contribution in [1.29, 1.82) is 0 Å². The highest BCUT2D eigenvalue weighted by atomic mass is 35.5. The number of hydrogen-bond donors (Lipinski definition) is 1. The van der Waals surface area contributed by atoms with E-state index in [1.165, 1.54) is 35.4 Å². The minimum absolute atomic E-state index is 0.0617. The lowest BCUT2D eigenvalue weighted by Crippen LogP contribution is -1.97. The lowest BCUT2D eigenvalue weighted by atomic mass is 10.3. The Balaban J connectivity index is 2.26. The second-order valence-corrected chi connectivity index (χ2v) is 5.10. The Morgan fingerprint density at radius 2 is 2.38 bits per heavy atom. The molecule has 0 atom stereocenters. The average Bonchev–Trinajstić information content (AvgIpc) is 2.73. The number of hydrogen-bond acceptors (Lipinski definition) is 6. The summed E-state index contributed by atoms with van der Waals surface area (Å²) in [5.74, 6) is -1.05. The van der Waals surface area contributed by atoms with Crippen molar-refractivity contribution < 1.29 is 9.90 Å². The summed E-state index contributed by atoms with van der Waals surface area (Å²) in [6.07, 6.45) is 1.26. The molecule has 16 heavy (non-hydrogen) atoms. The predicted octanol–water partition coefficient (Wildman–Crippen LogP) is 2.44. The van der Waals surface area contributed by atoms with Crippen LogP contribution in [0.25, 0.3) is 0 Å². The molecule has 0 aliphatic heterocycles. The first-order valence-corrected chi connectivity index (χ1v) is 6.07. The molecule has 2 heterocycles. The smallest absolute Gasteiger partial charge is 0.337 e. The van der Waals surface area contributed by atoms with Crippen LogP contribution in [-0.2, 0) is 0 Å². The molecule has 0 unspecified atom stereocenters. The van der Waals surface area contributed by atoms with E-state index in [4.69, 9.17) is 16.7 Å². The molecule has 82 valence electrons. The molecule has 0 amide bonds. The summed E-state index contributed by atoms with van der Waals surface area (Å²) in [5.41, 5.74) is 1.66. The lowest BCUT2D eigenvalue weighted by Gasteiger charge is -2.00. The van der Waals surface area contributed by atoms with Crippen LogP contribution in [0.2, 0.25) is 5.02 Å². The zero-order chi connectivity index (χ0) is 11.5. The van der Waals surface area contributed by atoms with Crippen molar-refractivity contribution in [3.8, 4) is 0 Å². The highest BCUT2D eigenvalue weighted by molar-refractivity contribution is 8.01. The van der Waals surface area contributed by atoms with Crippen molar-refractivity contribution in [2.75, 3.05) is 0 Å². The molecule has 0 aromatic carbocycles. The third-order valence-corrected chi connectivity index (χ3v) is 3.78. The molecular formula is C8H4ClN3O2S2. The Kier molecular flexibility index (Phi) is 3.37. The first-order chi connectivity index (χ1) is 7.66. The van der Waals surface area contributed by atoms with Gasteiger partial charge < -0.3 is 5.11 Å². The Bertz CT molecular complexity index is 518. The number of carboxylic acids is 1. The fraction of sp³-hybridized carbons (Fsp3) is 0. The van der Waals surface area contributed by atoms with Gasteiger partial charge >= 0.3 is 5.97 Å². The van der Waals surface area contributed by atoms with Gasteiger partial charge in [-0.25, -0.2) is 9.78 Å². The van der Waals surface area contributed by atoms with Gasteiger partial charge in [0.15, 0.2) is 4.34 Å². The Morgan fingerprint density at radius 1 is 1.56 bits per heavy atom. The molecule has 8 heteroatoms. The van der Waals surface area contributed by atoms with Crippen LogP contribution in [-0.4, -0.2) is 26.3 Å². The van der Waals surface area contributed by atoms with Crippen LogP contribution in [0.3, 0.4) is 0 Å². The molecule has 0 saturated carbocycles. The number of nitrogens with zero attached hydrogens (tertiary/aromatic N) is 3. The SMILES string of the molecule is O=C(O)c1cnc(Sc2nncs2)c(Cl)c1. The van der Waals surface area contributed by atoms with Gasteiger partial charge in [0.1, 0.15) is 10.5 Å². The predicted molar refractivity (Wildman–Crippen MR) is 60.2 cm³/mol. The maximum Gasteiger partial charge on any atom is 0.337 e. The molecule has 5 nitrogen and oxygen atoms in total. The highest BCUT2D eigenvalue weighted by Crippen LogP contribution is 2.32. The van der Waals surface area contributed by atoms with Crippen LogP contribution in [0.1, 0.15) is 10.4 Å². The maximum absolute atomic E-state index is 10.7. The van der Waals surface area contributed by atoms with Crippen LogP contribution in [0.15, 0.2) is 27.1 Å². The van der Waals surface area contributed by atoms with Gasteiger partial charge in [-0.15, -0.1) is 10.2 Å². The summed E-state index contributed by atoms with van der Waals surface area (Å²) in [5, 5.41) is 17.0. The van der Waals surface area contributed by atoms with Gasteiger partial charge in [0.05, 0.1) is 10.6 Å². The molecular weight excluding hydrogens is 270 g/mol. The van der Waals surface area contributed by atoms with Crippen LogP contribution in [0, 0.1) is 0 Å². The first kappa shape index (κ1) is 11.3. The molecule has 0 spiro atoms. The molecule has 0 radical (unpaired) electrons. The van der Waals surface area contributed by atoms with Gasteiger partial charge in [0, 0.05) is 6.20 Å². The largest absolute Gasteiger partial charge is 0.478 e. The fourth-order valence-corrected chi connectivity index (χ4v) is 2.54. The van der Waals surface area contributed by atoms with Crippen molar-refractivity contribution in [2.45, 2.75) is 9.37 Å². The molecule has 2 aromatic rings. The number of carboxylic acid groups (broad SMARTS) is 1. The minimum atomic E-state index is -1.05. The second-order valence-electron chi connectivity index (χ2n) is 2.62. The molecule has 0 aliphatic carbocycles. The summed E-state index contributed by atoms with van der Waals surface area (Å²) in [6, 6.07) is 1.36. The van der Waals surface area contributed by atoms with Gasteiger partial charge in [-0.2, -0.15) is 0 Å². The van der Waals surface area contributed by atoms with Crippen LogP contribution < -0.4 is 0 Å². The quantitative estimate of drug-likeness (QED) is 0.926. The summed E-state index contributed by atoms with van der Waals surface area (Å²) in [4.78, 5) is 14.6. The minimum Gasteiger partial charge on any atom is -0.478 e. The Labute approximate surface area is 104 Å². The second kappa shape index (κ2) is 4.77. The average molecular weight is 274 g/mol. The number of pyridine rings is 1. The van der Waals surface area contributed by atoms with Crippen LogP contribution >= 0.6 is 34.7 Å². The first-order valence-electron chi connectivity index (χ1n) is 3.99. The van der Waals surface area contributed by atoms with E-state index in [-0.39, 0.29) is 5.56 Å². The van der Waals surface area contributed by atoms with Gasteiger partial charge in [-0.05, 0) is 17.8 Å². The van der Waals surface area contributed by atoms with E-state index in [2.05, 4.69) is 15.2 Å². The van der Waals surface area contributed by atoms with Crippen molar-refractivity contribution in [3.63, 3.8) is 0 Å². The zero-order valence-electron chi connectivity index (χ0n) is 7.62. The van der Waals surface area contributed by atoms with E-state index >= 15 is 0 Å². The van der Waals surface area contributed by atoms with E-state index in [1.807, 2.05) is 0 Å². The summed E-state index contributed by atoms with van der Waals surface area (Å²) in [7, 11) is 0. The van der Waals surface area contributed by atoms with Gasteiger partial charge in [0.25, 0.3) is 0 Å². The summed E-state index contributed by atoms with van der Waals surface area (Å²) < 4.78 is 0.706. The van der Waals surface area contributed by atoms with E-state index in [9.17, 15) is 4.79 Å². The third kappa shape index (κ3) is 2.49. The van der Waals surface area contributed by atoms with Gasteiger partial charge in [-0.1, -0.05) is 22.9 Å². The number of aromatic carboxylic acids is 1. The molecule has 1 N–H and O–H groups in total. The van der Waals surface area contributed by atoms with Gasteiger partial charge in [-0.3, -0.25) is 0 Å². The summed E-state index contributed by atoms with van der Waals surface area (Å²) >= 11 is 8.51. The number of carbonyl (C=O) groups is 1. The van der Waals surface area contributed by atoms with Gasteiger partial charge in [0.2, 0.25) is 0 Å². The Hall–Kier alpha value is -1.18. The fourth-order valence-electron chi connectivity index (χ4n) is 0.908. The molecule has 0 bridgehead atoms. The van der Waals surface area contributed by atoms with E-state index < -0.39 is 5.97 Å². The lowest BCUT2D eigenvalue weighted by molar-refractivity contribution is 0.0696. The van der Waals surface area contributed by atoms with Crippen molar-refractivity contribution in [2.24, 2.45) is 0 Å².